The number of nitrogens with zero attached hydrogens (tertiary/aromatic N) is 2. The second-order valence-corrected chi connectivity index (χ2v) is 9.70. The van der Waals surface area contributed by atoms with Gasteiger partial charge in [0.25, 0.3) is 11.8 Å². The molecule has 11 heteroatoms. The number of fused-ring (bicyclic) bond motifs is 5. The number of halogens is 4. The Morgan fingerprint density at radius 1 is 1.03 bits per heavy atom. The Morgan fingerprint density at radius 2 is 1.65 bits per heavy atom. The average molecular weight is 515 g/mol. The van der Waals surface area contributed by atoms with E-state index in [4.69, 9.17) is 0 Å². The van der Waals surface area contributed by atoms with E-state index in [0.29, 0.717) is 16.7 Å². The number of benzene rings is 2. The SMILES string of the molecule is Cc1cc(F)c(CNC(=O)c2cn3c(c(O)c2=O)C(=O)N2Cc4cc(F)c(F)cc4C[C@@]3(C)C2)c(F)c1. The van der Waals surface area contributed by atoms with E-state index in [1.807, 2.05) is 0 Å². The van der Waals surface area contributed by atoms with Crippen molar-refractivity contribution in [1.82, 2.24) is 14.8 Å². The lowest BCUT2D eigenvalue weighted by molar-refractivity contribution is 0.0561. The molecule has 0 saturated carbocycles. The van der Waals surface area contributed by atoms with Crippen molar-refractivity contribution in [2.24, 2.45) is 0 Å². The number of amides is 2. The van der Waals surface area contributed by atoms with Crippen LogP contribution >= 0.6 is 0 Å². The number of aryl methyl sites for hydroxylation is 1. The van der Waals surface area contributed by atoms with Crippen molar-refractivity contribution in [1.29, 1.82) is 0 Å². The molecular formula is C26H21F4N3O4. The predicted molar refractivity (Wildman–Crippen MR) is 123 cm³/mol. The summed E-state index contributed by atoms with van der Waals surface area (Å²) in [6, 6.07) is 4.25. The van der Waals surface area contributed by atoms with Crippen LogP contribution in [0.5, 0.6) is 5.75 Å². The van der Waals surface area contributed by atoms with E-state index in [0.717, 1.165) is 30.5 Å². The Hall–Kier alpha value is -4.15. The molecule has 192 valence electrons. The molecule has 0 aliphatic carbocycles. The fraction of sp³-hybridized carbons (Fsp3) is 0.269. The summed E-state index contributed by atoms with van der Waals surface area (Å²) < 4.78 is 57.6. The molecule has 2 bridgehead atoms. The summed E-state index contributed by atoms with van der Waals surface area (Å²) >= 11 is 0. The third-order valence-electron chi connectivity index (χ3n) is 6.92. The van der Waals surface area contributed by atoms with Crippen molar-refractivity contribution in [2.45, 2.75) is 38.9 Å². The van der Waals surface area contributed by atoms with Crippen LogP contribution in [-0.2, 0) is 25.0 Å². The van der Waals surface area contributed by atoms with Crippen LogP contribution in [0.2, 0.25) is 0 Å². The molecule has 0 spiro atoms. The Bertz CT molecular complexity index is 1550. The Kier molecular flexibility index (Phi) is 5.61. The number of carbonyl (C=O) groups excluding carboxylic acids is 2. The Labute approximate surface area is 207 Å². The topological polar surface area (TPSA) is 91.6 Å². The van der Waals surface area contributed by atoms with E-state index in [1.54, 1.807) is 6.92 Å². The second-order valence-electron chi connectivity index (χ2n) is 9.70. The number of pyridine rings is 1. The van der Waals surface area contributed by atoms with Crippen molar-refractivity contribution >= 4 is 11.8 Å². The molecule has 37 heavy (non-hydrogen) atoms. The zero-order chi connectivity index (χ0) is 26.8. The maximum absolute atomic E-state index is 14.2. The number of aromatic nitrogens is 1. The van der Waals surface area contributed by atoms with Crippen molar-refractivity contribution < 1.29 is 32.3 Å². The smallest absolute Gasteiger partial charge is 0.274 e. The standard InChI is InChI=1S/C26H21F4N3O4/c1-12-3-17(27)15(18(28)4-12)8-31-24(36)16-10-33-21(23(35)22(16)34)25(37)32-9-14-6-20(30)19(29)5-13(14)7-26(33,2)11-32/h3-6,10,35H,7-9,11H2,1-2H3,(H,31,36)/t26-/m0/s1. The van der Waals surface area contributed by atoms with Gasteiger partial charge in [-0.3, -0.25) is 14.4 Å². The highest BCUT2D eigenvalue weighted by molar-refractivity contribution is 5.99. The highest BCUT2D eigenvalue weighted by atomic mass is 19.2. The predicted octanol–water partition coefficient (Wildman–Crippen LogP) is 3.28. The fourth-order valence-corrected chi connectivity index (χ4v) is 5.09. The number of carbonyl (C=O) groups is 2. The van der Waals surface area contributed by atoms with Crippen LogP contribution in [0.4, 0.5) is 17.6 Å². The lowest BCUT2D eigenvalue weighted by Crippen LogP contribution is -2.53. The van der Waals surface area contributed by atoms with Crippen molar-refractivity contribution in [3.05, 3.63) is 97.5 Å². The summed E-state index contributed by atoms with van der Waals surface area (Å²) in [5, 5.41) is 13.0. The van der Waals surface area contributed by atoms with E-state index < -0.39 is 69.5 Å². The van der Waals surface area contributed by atoms with Crippen LogP contribution in [0.25, 0.3) is 0 Å². The Morgan fingerprint density at radius 3 is 2.30 bits per heavy atom. The fourth-order valence-electron chi connectivity index (χ4n) is 5.09. The summed E-state index contributed by atoms with van der Waals surface area (Å²) in [7, 11) is 0. The molecule has 0 unspecified atom stereocenters. The molecule has 0 fully saturated rings. The molecule has 2 aliphatic rings. The molecule has 1 atom stereocenters. The van der Waals surface area contributed by atoms with Gasteiger partial charge in [0.15, 0.2) is 23.1 Å². The summed E-state index contributed by atoms with van der Waals surface area (Å²) in [5.74, 6) is -6.58. The molecular weight excluding hydrogens is 494 g/mol. The van der Waals surface area contributed by atoms with Crippen LogP contribution in [0.15, 0.2) is 35.3 Å². The minimum absolute atomic E-state index is 0.0650. The zero-order valence-electron chi connectivity index (χ0n) is 19.8. The van der Waals surface area contributed by atoms with Crippen molar-refractivity contribution in [2.75, 3.05) is 6.54 Å². The first kappa shape index (κ1) is 24.5. The van der Waals surface area contributed by atoms with Gasteiger partial charge in [-0.15, -0.1) is 0 Å². The van der Waals surface area contributed by atoms with Crippen LogP contribution in [-0.4, -0.2) is 32.9 Å². The monoisotopic (exact) mass is 515 g/mol. The molecule has 5 rings (SSSR count). The number of hydrogen-bond donors (Lipinski definition) is 2. The minimum Gasteiger partial charge on any atom is -0.503 e. The largest absolute Gasteiger partial charge is 0.503 e. The molecule has 0 saturated heterocycles. The van der Waals surface area contributed by atoms with E-state index in [9.17, 15) is 37.1 Å². The number of hydrogen-bond acceptors (Lipinski definition) is 4. The summed E-state index contributed by atoms with van der Waals surface area (Å²) in [4.78, 5) is 40.3. The van der Waals surface area contributed by atoms with Gasteiger partial charge < -0.3 is 19.9 Å². The summed E-state index contributed by atoms with van der Waals surface area (Å²) in [6.07, 6.45) is 1.20. The molecule has 7 nitrogen and oxygen atoms in total. The van der Waals surface area contributed by atoms with Crippen LogP contribution in [0.1, 0.15) is 50.0 Å². The lowest BCUT2D eigenvalue weighted by Gasteiger charge is -2.42. The molecule has 0 radical (unpaired) electrons. The van der Waals surface area contributed by atoms with E-state index in [2.05, 4.69) is 5.32 Å². The van der Waals surface area contributed by atoms with Gasteiger partial charge in [-0.2, -0.15) is 0 Å². The minimum atomic E-state index is -1.14. The van der Waals surface area contributed by atoms with Crippen molar-refractivity contribution in [3.63, 3.8) is 0 Å². The lowest BCUT2D eigenvalue weighted by atomic mass is 9.89. The zero-order valence-corrected chi connectivity index (χ0v) is 19.8. The molecule has 2 aromatic carbocycles. The molecule has 3 heterocycles. The third kappa shape index (κ3) is 3.94. The maximum Gasteiger partial charge on any atom is 0.274 e. The first-order valence-electron chi connectivity index (χ1n) is 11.4. The highest BCUT2D eigenvalue weighted by Gasteiger charge is 2.44. The van der Waals surface area contributed by atoms with Crippen molar-refractivity contribution in [3.8, 4) is 5.75 Å². The van der Waals surface area contributed by atoms with E-state index in [-0.39, 0.29) is 25.2 Å². The van der Waals surface area contributed by atoms with Crippen LogP contribution in [0.3, 0.4) is 0 Å². The number of nitrogens with one attached hydrogen (secondary N) is 1. The van der Waals surface area contributed by atoms with Gasteiger partial charge in [-0.05, 0) is 61.2 Å². The van der Waals surface area contributed by atoms with E-state index >= 15 is 0 Å². The van der Waals surface area contributed by atoms with Gasteiger partial charge in [0.05, 0.1) is 5.54 Å². The molecule has 2 aliphatic heterocycles. The molecule has 1 aromatic heterocycles. The number of rotatable bonds is 3. The summed E-state index contributed by atoms with van der Waals surface area (Å²) in [5.41, 5.74) is -2.35. The second kappa shape index (κ2) is 8.46. The van der Waals surface area contributed by atoms with Gasteiger partial charge in [0, 0.05) is 31.4 Å². The van der Waals surface area contributed by atoms with Gasteiger partial charge in [-0.25, -0.2) is 17.6 Å². The quantitative estimate of drug-likeness (QED) is 0.524. The van der Waals surface area contributed by atoms with Gasteiger partial charge in [0.2, 0.25) is 5.43 Å². The van der Waals surface area contributed by atoms with Gasteiger partial charge >= 0.3 is 0 Å². The average Bonchev–Trinajstić information content (AvgIpc) is 2.93. The first-order valence-corrected chi connectivity index (χ1v) is 11.4. The maximum atomic E-state index is 14.2. The van der Waals surface area contributed by atoms with Gasteiger partial charge in [-0.1, -0.05) is 0 Å². The Balaban J connectivity index is 1.56. The van der Waals surface area contributed by atoms with Crippen LogP contribution < -0.4 is 10.7 Å². The summed E-state index contributed by atoms with van der Waals surface area (Å²) in [6.45, 7) is 2.63. The number of aromatic hydroxyl groups is 1. The normalized spacial score (nSPS) is 18.2. The highest BCUT2D eigenvalue weighted by Crippen LogP contribution is 2.38. The van der Waals surface area contributed by atoms with E-state index in [1.165, 1.54) is 16.4 Å². The third-order valence-corrected chi connectivity index (χ3v) is 6.92. The van der Waals surface area contributed by atoms with Gasteiger partial charge in [0.1, 0.15) is 17.2 Å². The molecule has 3 aromatic rings. The molecule has 2 N–H and O–H groups in total. The molecule has 2 amide bonds. The first-order chi connectivity index (χ1) is 17.4. The van der Waals surface area contributed by atoms with Crippen LogP contribution in [0, 0.1) is 30.2 Å².